The van der Waals surface area contributed by atoms with Crippen molar-refractivity contribution in [3.63, 3.8) is 0 Å². The number of rotatable bonds is 10. The van der Waals surface area contributed by atoms with Crippen LogP contribution in [0, 0.1) is 11.3 Å². The molecule has 0 aliphatic rings. The molecule has 2 unspecified atom stereocenters. The Labute approximate surface area is 130 Å². The second kappa shape index (κ2) is 8.53. The van der Waals surface area contributed by atoms with Crippen LogP contribution in [0.2, 0.25) is 11.0 Å². The quantitative estimate of drug-likeness (QED) is 0.598. The lowest BCUT2D eigenvalue weighted by Crippen LogP contribution is -2.47. The molecular formula is C15H34B3N2. The highest BCUT2D eigenvalue weighted by Gasteiger charge is 2.39. The fourth-order valence-corrected chi connectivity index (χ4v) is 3.18. The molecule has 0 amide bonds. The number of hydrogen-bond donors (Lipinski definition) is 2. The van der Waals surface area contributed by atoms with Crippen LogP contribution in [0.4, 0.5) is 0 Å². The van der Waals surface area contributed by atoms with E-state index in [0.29, 0.717) is 12.5 Å². The highest BCUT2D eigenvalue weighted by Crippen LogP contribution is 2.45. The molecule has 0 saturated heterocycles. The molecule has 2 N–H and O–H groups in total. The van der Waals surface area contributed by atoms with E-state index in [4.69, 9.17) is 7.85 Å². The van der Waals surface area contributed by atoms with Crippen molar-refractivity contribution in [3.8, 4) is 0 Å². The summed E-state index contributed by atoms with van der Waals surface area (Å²) in [5.41, 5.74) is 0.497. The monoisotopic (exact) mass is 275 g/mol. The fraction of sp³-hybridized carbons (Fsp3) is 1.00. The lowest BCUT2D eigenvalue weighted by molar-refractivity contribution is 0.182. The van der Waals surface area contributed by atoms with Gasteiger partial charge in [-0.1, -0.05) is 53.3 Å². The van der Waals surface area contributed by atoms with Crippen molar-refractivity contribution in [2.24, 2.45) is 11.3 Å². The number of nitrogens with one attached hydrogen (secondary N) is 2. The Balaban J connectivity index is 4.91. The predicted molar refractivity (Wildman–Crippen MR) is 96.1 cm³/mol. The molecule has 113 valence electrons. The van der Waals surface area contributed by atoms with Gasteiger partial charge in [-0.05, 0) is 31.9 Å². The Kier molecular flexibility index (Phi) is 8.58. The van der Waals surface area contributed by atoms with Crippen LogP contribution in [0.1, 0.15) is 48.0 Å². The van der Waals surface area contributed by atoms with Gasteiger partial charge < -0.3 is 10.6 Å². The van der Waals surface area contributed by atoms with Gasteiger partial charge in [-0.15, -0.1) is 5.72 Å². The van der Waals surface area contributed by atoms with Crippen LogP contribution in [0.3, 0.4) is 0 Å². The molecule has 0 aliphatic carbocycles. The van der Waals surface area contributed by atoms with Gasteiger partial charge in [-0.25, -0.2) is 0 Å². The maximum absolute atomic E-state index is 6.29. The molecule has 0 heterocycles. The van der Waals surface area contributed by atoms with Crippen LogP contribution in [0.15, 0.2) is 0 Å². The molecule has 20 heavy (non-hydrogen) atoms. The maximum Gasteiger partial charge on any atom is 0.113 e. The first kappa shape index (κ1) is 20.1. The summed E-state index contributed by atoms with van der Waals surface area (Å²) in [7, 11) is 12.8. The van der Waals surface area contributed by atoms with E-state index in [2.05, 4.69) is 59.3 Å². The molecule has 0 bridgehead atoms. The van der Waals surface area contributed by atoms with Gasteiger partial charge in [0.1, 0.15) is 6.60 Å². The zero-order chi connectivity index (χ0) is 16.0. The van der Waals surface area contributed by atoms with Gasteiger partial charge >= 0.3 is 0 Å². The molecule has 5 heteroatoms. The zero-order valence-corrected chi connectivity index (χ0v) is 15.0. The zero-order valence-electron chi connectivity index (χ0n) is 15.0. The highest BCUT2D eigenvalue weighted by molar-refractivity contribution is 7.16. The van der Waals surface area contributed by atoms with Gasteiger partial charge in [0.05, 0.1) is 15.0 Å². The Bertz CT molecular complexity index is 270. The van der Waals surface area contributed by atoms with E-state index in [1.807, 2.05) is 14.1 Å². The topological polar surface area (TPSA) is 24.1 Å². The molecule has 2 atom stereocenters. The van der Waals surface area contributed by atoms with E-state index in [-0.39, 0.29) is 16.4 Å². The molecule has 0 spiro atoms. The smallest absolute Gasteiger partial charge is 0.113 e. The van der Waals surface area contributed by atoms with Crippen LogP contribution in [-0.4, -0.2) is 48.7 Å². The summed E-state index contributed by atoms with van der Waals surface area (Å²) in [5.74, 6) is 0.575. The van der Waals surface area contributed by atoms with Crippen molar-refractivity contribution in [1.82, 2.24) is 10.6 Å². The molecule has 0 aliphatic heterocycles. The highest BCUT2D eigenvalue weighted by atomic mass is 14.8. The average Bonchev–Trinajstić information content (AvgIpc) is 2.36. The molecule has 3 radical (unpaired) electrons. The lowest BCUT2D eigenvalue weighted by atomic mass is 9.08. The summed E-state index contributed by atoms with van der Waals surface area (Å²) in [6.07, 6.45) is 1.98. The standard InChI is InChI=1S/C15H34B3N2/c1-9-13(16)18(11-20-8)17-15(5,6)12(2)14(3,4)10-19-7/h12-13,19-20H,9-11H2,1-8H3. The Morgan fingerprint density at radius 1 is 1.15 bits per heavy atom. The fourth-order valence-electron chi connectivity index (χ4n) is 3.18. The van der Waals surface area contributed by atoms with Gasteiger partial charge in [0.15, 0.2) is 0 Å². The minimum atomic E-state index is 0.161. The van der Waals surface area contributed by atoms with Gasteiger partial charge in [-0.2, -0.15) is 0 Å². The molecule has 0 fully saturated rings. The number of hydrogen-bond acceptors (Lipinski definition) is 2. The van der Waals surface area contributed by atoms with Crippen LogP contribution >= 0.6 is 0 Å². The summed E-state index contributed by atoms with van der Waals surface area (Å²) in [5, 5.41) is 6.77. The molecule has 0 aromatic rings. The van der Waals surface area contributed by atoms with Crippen molar-refractivity contribution < 1.29 is 0 Å². The van der Waals surface area contributed by atoms with Gasteiger partial charge in [-0.3, -0.25) is 0 Å². The van der Waals surface area contributed by atoms with E-state index >= 15 is 0 Å². The summed E-state index contributed by atoms with van der Waals surface area (Å²) in [6, 6.07) is 0. The first-order chi connectivity index (χ1) is 9.12. The summed E-state index contributed by atoms with van der Waals surface area (Å²) in [6.45, 7) is 15.4. The van der Waals surface area contributed by atoms with E-state index in [0.717, 1.165) is 19.4 Å². The van der Waals surface area contributed by atoms with E-state index in [9.17, 15) is 0 Å². The van der Waals surface area contributed by atoms with Gasteiger partial charge in [0.2, 0.25) is 0 Å². The van der Waals surface area contributed by atoms with Crippen molar-refractivity contribution in [3.05, 3.63) is 0 Å². The van der Waals surface area contributed by atoms with Crippen molar-refractivity contribution in [2.45, 2.75) is 59.0 Å². The van der Waals surface area contributed by atoms with Crippen molar-refractivity contribution in [2.75, 3.05) is 27.1 Å². The van der Waals surface area contributed by atoms with Crippen LogP contribution in [0.25, 0.3) is 0 Å². The summed E-state index contributed by atoms with van der Waals surface area (Å²) < 4.78 is 0. The molecule has 0 aromatic heterocycles. The minimum Gasteiger partial charge on any atom is -0.328 e. The lowest BCUT2D eigenvalue weighted by Gasteiger charge is -2.44. The minimum absolute atomic E-state index is 0.161. The third-order valence-corrected chi connectivity index (χ3v) is 5.03. The van der Waals surface area contributed by atoms with E-state index in [1.165, 1.54) is 0 Å². The molecule has 0 aromatic carbocycles. The Morgan fingerprint density at radius 2 is 1.70 bits per heavy atom. The van der Waals surface area contributed by atoms with Crippen LogP contribution in [0.5, 0.6) is 0 Å². The van der Waals surface area contributed by atoms with Gasteiger partial charge in [0, 0.05) is 6.54 Å². The second-order valence-electron chi connectivity index (χ2n) is 7.52. The predicted octanol–water partition coefficient (Wildman–Crippen LogP) is 2.43. The van der Waals surface area contributed by atoms with Crippen LogP contribution < -0.4 is 10.6 Å². The van der Waals surface area contributed by atoms with Gasteiger partial charge in [0.25, 0.3) is 0 Å². The third kappa shape index (κ3) is 5.85. The Hall–Kier alpha value is 0.115. The summed E-state index contributed by atoms with van der Waals surface area (Å²) in [4.78, 5) is 0. The molecule has 2 nitrogen and oxygen atoms in total. The van der Waals surface area contributed by atoms with E-state index in [1.54, 1.807) is 0 Å². The Morgan fingerprint density at radius 3 is 2.10 bits per heavy atom. The first-order valence-corrected chi connectivity index (χ1v) is 8.03. The van der Waals surface area contributed by atoms with E-state index < -0.39 is 0 Å². The third-order valence-electron chi connectivity index (χ3n) is 5.03. The average molecular weight is 275 g/mol. The van der Waals surface area contributed by atoms with Crippen molar-refractivity contribution in [1.29, 1.82) is 0 Å². The maximum atomic E-state index is 6.29. The molecular weight excluding hydrogens is 241 g/mol. The molecule has 0 saturated carbocycles. The largest absolute Gasteiger partial charge is 0.328 e. The second-order valence-corrected chi connectivity index (χ2v) is 7.52. The SMILES string of the molecule is [B]C(CC)B([B]C(C)(C)C(C)C(C)(C)CNC)CNC. The van der Waals surface area contributed by atoms with Crippen LogP contribution in [-0.2, 0) is 0 Å². The first-order valence-electron chi connectivity index (χ1n) is 8.03. The molecule has 0 rings (SSSR count). The normalized spacial score (nSPS) is 15.8. The van der Waals surface area contributed by atoms with Crippen molar-refractivity contribution >= 4 is 21.6 Å². The summed E-state index contributed by atoms with van der Waals surface area (Å²) >= 11 is 0.